The molecule has 0 aliphatic carbocycles. The van der Waals surface area contributed by atoms with E-state index in [4.69, 9.17) is 14.2 Å². The summed E-state index contributed by atoms with van der Waals surface area (Å²) in [5, 5.41) is 4.74. The number of pyridine rings is 1. The Balaban J connectivity index is 1.50. The fourth-order valence-corrected chi connectivity index (χ4v) is 3.54. The number of rotatable bonds is 3. The largest absolute Gasteiger partial charge is 0.382 e. The second-order valence-corrected chi connectivity index (χ2v) is 6.67. The minimum atomic E-state index is -0.421. The maximum atomic E-state index is 6.21. The normalized spacial score (nSPS) is 23.0. The van der Waals surface area contributed by atoms with Crippen LogP contribution in [0.25, 0.3) is 10.9 Å². The molecule has 1 unspecified atom stereocenters. The zero-order chi connectivity index (χ0) is 16.6. The van der Waals surface area contributed by atoms with Crippen molar-refractivity contribution in [2.24, 2.45) is 0 Å². The van der Waals surface area contributed by atoms with Gasteiger partial charge in [-0.05, 0) is 25.5 Å². The SMILES string of the molecule is Cc1nc2ccccc2c(NCC2COC3(CCOCC3)O2)c1C. The van der Waals surface area contributed by atoms with Gasteiger partial charge in [-0.2, -0.15) is 0 Å². The summed E-state index contributed by atoms with van der Waals surface area (Å²) in [5.74, 6) is -0.421. The molecule has 2 saturated heterocycles. The summed E-state index contributed by atoms with van der Waals surface area (Å²) >= 11 is 0. The van der Waals surface area contributed by atoms with Gasteiger partial charge in [-0.15, -0.1) is 0 Å². The first-order valence-corrected chi connectivity index (χ1v) is 8.66. The van der Waals surface area contributed by atoms with E-state index in [1.165, 1.54) is 5.56 Å². The molecule has 0 saturated carbocycles. The molecule has 0 bridgehead atoms. The second kappa shape index (κ2) is 6.31. The summed E-state index contributed by atoms with van der Waals surface area (Å²) in [6.45, 7) is 6.97. The Kier molecular flexibility index (Phi) is 4.16. The van der Waals surface area contributed by atoms with E-state index in [1.54, 1.807) is 0 Å². The van der Waals surface area contributed by atoms with Crippen LogP contribution >= 0.6 is 0 Å². The van der Waals surface area contributed by atoms with Gasteiger partial charge in [0.05, 0.1) is 25.3 Å². The van der Waals surface area contributed by atoms with Crippen molar-refractivity contribution < 1.29 is 14.2 Å². The molecule has 128 valence electrons. The van der Waals surface area contributed by atoms with Crippen LogP contribution in [0.15, 0.2) is 24.3 Å². The molecule has 0 radical (unpaired) electrons. The zero-order valence-electron chi connectivity index (χ0n) is 14.3. The molecule has 1 aromatic heterocycles. The van der Waals surface area contributed by atoms with Crippen LogP contribution < -0.4 is 5.32 Å². The lowest BCUT2D eigenvalue weighted by Crippen LogP contribution is -2.38. The maximum absolute atomic E-state index is 6.21. The third kappa shape index (κ3) is 2.88. The number of ether oxygens (including phenoxy) is 3. The van der Waals surface area contributed by atoms with Crippen LogP contribution in [0.2, 0.25) is 0 Å². The lowest BCUT2D eigenvalue weighted by atomic mass is 10.1. The molecule has 24 heavy (non-hydrogen) atoms. The molecule has 2 aromatic rings. The maximum Gasteiger partial charge on any atom is 0.173 e. The predicted octanol–water partition coefficient (Wildman–Crippen LogP) is 3.19. The number of benzene rings is 1. The average molecular weight is 328 g/mol. The molecule has 1 N–H and O–H groups in total. The van der Waals surface area contributed by atoms with Crippen molar-refractivity contribution in [2.75, 3.05) is 31.7 Å². The Hall–Kier alpha value is -1.69. The lowest BCUT2D eigenvalue weighted by molar-refractivity contribution is -0.209. The Labute approximate surface area is 142 Å². The molecule has 2 aliphatic rings. The molecule has 1 spiro atoms. The molecule has 5 heteroatoms. The highest BCUT2D eigenvalue weighted by Crippen LogP contribution is 2.34. The zero-order valence-corrected chi connectivity index (χ0v) is 14.3. The van der Waals surface area contributed by atoms with E-state index in [2.05, 4.69) is 42.3 Å². The van der Waals surface area contributed by atoms with Crippen LogP contribution in [0.3, 0.4) is 0 Å². The smallest absolute Gasteiger partial charge is 0.173 e. The fraction of sp³-hybridized carbons (Fsp3) is 0.526. The van der Waals surface area contributed by atoms with Crippen LogP contribution in [0, 0.1) is 13.8 Å². The van der Waals surface area contributed by atoms with Crippen molar-refractivity contribution in [2.45, 2.75) is 38.6 Å². The number of fused-ring (bicyclic) bond motifs is 1. The average Bonchev–Trinajstić information content (AvgIpc) is 2.98. The van der Waals surface area contributed by atoms with E-state index >= 15 is 0 Å². The summed E-state index contributed by atoms with van der Waals surface area (Å²) in [6, 6.07) is 8.25. The number of nitrogens with zero attached hydrogens (tertiary/aromatic N) is 1. The molecule has 0 amide bonds. The Morgan fingerprint density at radius 3 is 2.83 bits per heavy atom. The van der Waals surface area contributed by atoms with Crippen molar-refractivity contribution in [3.63, 3.8) is 0 Å². The Morgan fingerprint density at radius 1 is 1.21 bits per heavy atom. The monoisotopic (exact) mass is 328 g/mol. The summed E-state index contributed by atoms with van der Waals surface area (Å²) in [5.41, 5.74) is 4.41. The summed E-state index contributed by atoms with van der Waals surface area (Å²) in [7, 11) is 0. The molecule has 4 rings (SSSR count). The first kappa shape index (κ1) is 15.8. The molecule has 2 fully saturated rings. The number of aryl methyl sites for hydroxylation is 1. The fourth-order valence-electron chi connectivity index (χ4n) is 3.54. The van der Waals surface area contributed by atoms with Gasteiger partial charge in [-0.3, -0.25) is 4.98 Å². The number of anilines is 1. The third-order valence-electron chi connectivity index (χ3n) is 5.05. The number of para-hydroxylation sites is 1. The van der Waals surface area contributed by atoms with Gasteiger partial charge in [0.1, 0.15) is 6.10 Å². The lowest BCUT2D eigenvalue weighted by Gasteiger charge is -2.31. The summed E-state index contributed by atoms with van der Waals surface area (Å²) < 4.78 is 17.6. The number of hydrogen-bond donors (Lipinski definition) is 1. The summed E-state index contributed by atoms with van der Waals surface area (Å²) in [4.78, 5) is 4.67. The van der Waals surface area contributed by atoms with E-state index in [-0.39, 0.29) is 6.10 Å². The minimum absolute atomic E-state index is 0.0646. The number of nitrogens with one attached hydrogen (secondary N) is 1. The third-order valence-corrected chi connectivity index (χ3v) is 5.05. The Morgan fingerprint density at radius 2 is 2.00 bits per heavy atom. The molecule has 2 aliphatic heterocycles. The summed E-state index contributed by atoms with van der Waals surface area (Å²) in [6.07, 6.45) is 1.70. The van der Waals surface area contributed by atoms with Crippen LogP contribution in [0.4, 0.5) is 5.69 Å². The highest BCUT2D eigenvalue weighted by Gasteiger charge is 2.42. The highest BCUT2D eigenvalue weighted by atomic mass is 16.7. The van der Waals surface area contributed by atoms with E-state index in [0.29, 0.717) is 19.8 Å². The van der Waals surface area contributed by atoms with Crippen molar-refractivity contribution in [3.05, 3.63) is 35.5 Å². The van der Waals surface area contributed by atoms with Gasteiger partial charge in [0.25, 0.3) is 0 Å². The van der Waals surface area contributed by atoms with E-state index < -0.39 is 5.79 Å². The molecule has 1 aromatic carbocycles. The molecule has 1 atom stereocenters. The van der Waals surface area contributed by atoms with Crippen LogP contribution in [-0.4, -0.2) is 43.2 Å². The Bertz CT molecular complexity index is 741. The van der Waals surface area contributed by atoms with Gasteiger partial charge < -0.3 is 19.5 Å². The van der Waals surface area contributed by atoms with Gasteiger partial charge in [0.15, 0.2) is 5.79 Å². The van der Waals surface area contributed by atoms with Crippen molar-refractivity contribution in [3.8, 4) is 0 Å². The van der Waals surface area contributed by atoms with Crippen LogP contribution in [0.1, 0.15) is 24.1 Å². The van der Waals surface area contributed by atoms with E-state index in [0.717, 1.165) is 41.7 Å². The van der Waals surface area contributed by atoms with Gasteiger partial charge in [-0.25, -0.2) is 0 Å². The topological polar surface area (TPSA) is 52.6 Å². The molecular formula is C19H24N2O3. The number of hydrogen-bond acceptors (Lipinski definition) is 5. The first-order valence-electron chi connectivity index (χ1n) is 8.66. The molecule has 5 nitrogen and oxygen atoms in total. The van der Waals surface area contributed by atoms with Gasteiger partial charge >= 0.3 is 0 Å². The van der Waals surface area contributed by atoms with Crippen molar-refractivity contribution >= 4 is 16.6 Å². The van der Waals surface area contributed by atoms with E-state index in [1.807, 2.05) is 6.07 Å². The first-order chi connectivity index (χ1) is 11.7. The predicted molar refractivity (Wildman–Crippen MR) is 93.3 cm³/mol. The molecule has 3 heterocycles. The quantitative estimate of drug-likeness (QED) is 0.938. The van der Waals surface area contributed by atoms with E-state index in [9.17, 15) is 0 Å². The van der Waals surface area contributed by atoms with Crippen LogP contribution in [-0.2, 0) is 14.2 Å². The second-order valence-electron chi connectivity index (χ2n) is 6.67. The van der Waals surface area contributed by atoms with Crippen molar-refractivity contribution in [1.82, 2.24) is 4.98 Å². The van der Waals surface area contributed by atoms with Crippen molar-refractivity contribution in [1.29, 1.82) is 0 Å². The number of aromatic nitrogens is 1. The van der Waals surface area contributed by atoms with Crippen LogP contribution in [0.5, 0.6) is 0 Å². The highest BCUT2D eigenvalue weighted by molar-refractivity contribution is 5.93. The van der Waals surface area contributed by atoms with Gasteiger partial charge in [-0.1, -0.05) is 18.2 Å². The molecular weight excluding hydrogens is 304 g/mol. The van der Waals surface area contributed by atoms with Gasteiger partial charge in [0, 0.05) is 36.2 Å². The minimum Gasteiger partial charge on any atom is -0.382 e. The van der Waals surface area contributed by atoms with Gasteiger partial charge in [0.2, 0.25) is 0 Å². The standard InChI is InChI=1S/C19H24N2O3/c1-13-14(2)21-17-6-4-3-5-16(17)18(13)20-11-15-12-23-19(24-15)7-9-22-10-8-19/h3-6,15H,7-12H2,1-2H3,(H,20,21).